The van der Waals surface area contributed by atoms with Crippen molar-refractivity contribution < 1.29 is 24.8 Å². The Morgan fingerprint density at radius 1 is 1.55 bits per heavy atom. The maximum atomic E-state index is 11.7. The second-order valence-corrected chi connectivity index (χ2v) is 6.42. The predicted molar refractivity (Wildman–Crippen MR) is 70.7 cm³/mol. The highest BCUT2D eigenvalue weighted by Gasteiger charge is 2.51. The third-order valence-corrected chi connectivity index (χ3v) is 5.14. The van der Waals surface area contributed by atoms with Gasteiger partial charge in [-0.05, 0) is 31.3 Å². The minimum Gasteiger partial charge on any atom is -0.456 e. The van der Waals surface area contributed by atoms with Crippen LogP contribution in [0.4, 0.5) is 0 Å². The number of aliphatic hydroxyl groups excluding tert-OH is 1. The molecule has 20 heavy (non-hydrogen) atoms. The van der Waals surface area contributed by atoms with Crippen LogP contribution in [0.1, 0.15) is 32.6 Å². The molecule has 2 aliphatic carbocycles. The van der Waals surface area contributed by atoms with Gasteiger partial charge in [-0.1, -0.05) is 19.6 Å². The van der Waals surface area contributed by atoms with Crippen LogP contribution in [0.15, 0.2) is 23.8 Å². The Bertz CT molecular complexity index is 483. The molecule has 5 nitrogen and oxygen atoms in total. The summed E-state index contributed by atoms with van der Waals surface area (Å²) in [5.41, 5.74) is 1.05. The van der Waals surface area contributed by atoms with E-state index in [2.05, 4.69) is 11.5 Å². The van der Waals surface area contributed by atoms with Crippen LogP contribution in [0, 0.1) is 11.3 Å². The molecule has 2 bridgehead atoms. The van der Waals surface area contributed by atoms with Gasteiger partial charge in [0.15, 0.2) is 0 Å². The molecule has 2 N–H and O–H groups in total. The highest BCUT2D eigenvalue weighted by atomic mass is 17.1. The highest BCUT2D eigenvalue weighted by Crippen LogP contribution is 2.49. The number of esters is 1. The number of aliphatic hydroxyl groups is 1. The van der Waals surface area contributed by atoms with Crippen molar-refractivity contribution in [3.05, 3.63) is 23.8 Å². The van der Waals surface area contributed by atoms with Crippen LogP contribution in [0.2, 0.25) is 0 Å². The molecule has 0 spiro atoms. The highest BCUT2D eigenvalue weighted by molar-refractivity contribution is 5.91. The van der Waals surface area contributed by atoms with E-state index in [1.807, 2.05) is 13.0 Å². The van der Waals surface area contributed by atoms with E-state index in [0.29, 0.717) is 31.3 Å². The van der Waals surface area contributed by atoms with Gasteiger partial charge < -0.3 is 9.84 Å². The summed E-state index contributed by atoms with van der Waals surface area (Å²) in [5, 5.41) is 19.7. The minimum absolute atomic E-state index is 0.190. The molecule has 1 heterocycles. The lowest BCUT2D eigenvalue weighted by Crippen LogP contribution is -2.48. The van der Waals surface area contributed by atoms with E-state index >= 15 is 0 Å². The van der Waals surface area contributed by atoms with Crippen molar-refractivity contribution in [2.45, 2.75) is 50.9 Å². The van der Waals surface area contributed by atoms with Crippen molar-refractivity contribution in [3.63, 3.8) is 0 Å². The van der Waals surface area contributed by atoms with Crippen molar-refractivity contribution in [1.82, 2.24) is 0 Å². The Labute approximate surface area is 117 Å². The molecule has 5 heteroatoms. The SMILES string of the molecule is C=C1C(=O)O[C@H]2[C@@H]1CC=C1C[C@@](C)(CC[C@H]1OO)[C@@H]2O. The molecular formula is C15H20O5. The summed E-state index contributed by atoms with van der Waals surface area (Å²) in [6, 6.07) is 0. The molecule has 1 saturated heterocycles. The van der Waals surface area contributed by atoms with Crippen LogP contribution < -0.4 is 0 Å². The molecular weight excluding hydrogens is 260 g/mol. The number of carbonyl (C=O) groups is 1. The van der Waals surface area contributed by atoms with Gasteiger partial charge in [0.05, 0.1) is 6.10 Å². The molecule has 3 rings (SSSR count). The van der Waals surface area contributed by atoms with Crippen molar-refractivity contribution >= 4 is 5.97 Å². The zero-order chi connectivity index (χ0) is 14.5. The van der Waals surface area contributed by atoms with Crippen LogP contribution in [-0.4, -0.2) is 34.6 Å². The van der Waals surface area contributed by atoms with Crippen molar-refractivity contribution in [3.8, 4) is 0 Å². The Hall–Kier alpha value is -1.17. The van der Waals surface area contributed by atoms with Gasteiger partial charge >= 0.3 is 5.97 Å². The lowest BCUT2D eigenvalue weighted by Gasteiger charge is -2.45. The summed E-state index contributed by atoms with van der Waals surface area (Å²) < 4.78 is 5.34. The van der Waals surface area contributed by atoms with Crippen LogP contribution in [-0.2, 0) is 14.4 Å². The summed E-state index contributed by atoms with van der Waals surface area (Å²) in [6.45, 7) is 5.78. The van der Waals surface area contributed by atoms with Crippen LogP contribution >= 0.6 is 0 Å². The van der Waals surface area contributed by atoms with Crippen LogP contribution in [0.25, 0.3) is 0 Å². The van der Waals surface area contributed by atoms with Gasteiger partial charge in [-0.2, -0.15) is 0 Å². The van der Waals surface area contributed by atoms with E-state index < -0.39 is 18.2 Å². The molecule has 0 aromatic heterocycles. The number of hydrogen-bond donors (Lipinski definition) is 2. The fourth-order valence-corrected chi connectivity index (χ4v) is 3.76. The number of carbonyl (C=O) groups excluding carboxylic acids is 1. The third kappa shape index (κ3) is 1.92. The van der Waals surface area contributed by atoms with Gasteiger partial charge in [-0.15, -0.1) is 0 Å². The zero-order valence-electron chi connectivity index (χ0n) is 11.5. The van der Waals surface area contributed by atoms with Gasteiger partial charge in [-0.25, -0.2) is 9.68 Å². The van der Waals surface area contributed by atoms with Gasteiger partial charge in [-0.3, -0.25) is 5.26 Å². The van der Waals surface area contributed by atoms with E-state index in [0.717, 1.165) is 5.57 Å². The first kappa shape index (κ1) is 13.8. The molecule has 0 radical (unpaired) electrons. The van der Waals surface area contributed by atoms with E-state index in [1.165, 1.54) is 0 Å². The summed E-state index contributed by atoms with van der Waals surface area (Å²) in [7, 11) is 0. The summed E-state index contributed by atoms with van der Waals surface area (Å²) in [5.74, 6) is -0.600. The molecule has 5 atom stereocenters. The molecule has 1 saturated carbocycles. The second-order valence-electron chi connectivity index (χ2n) is 6.42. The largest absolute Gasteiger partial charge is 0.456 e. The number of allylic oxidation sites excluding steroid dienone is 1. The van der Waals surface area contributed by atoms with Crippen LogP contribution in [0.3, 0.4) is 0 Å². The van der Waals surface area contributed by atoms with E-state index in [1.54, 1.807) is 0 Å². The van der Waals surface area contributed by atoms with Gasteiger partial charge in [0.1, 0.15) is 12.2 Å². The topological polar surface area (TPSA) is 76.0 Å². The maximum Gasteiger partial charge on any atom is 0.334 e. The Kier molecular flexibility index (Phi) is 3.23. The van der Waals surface area contributed by atoms with Crippen molar-refractivity contribution in [2.24, 2.45) is 11.3 Å². The average molecular weight is 280 g/mol. The maximum absolute atomic E-state index is 11.7. The first-order valence-corrected chi connectivity index (χ1v) is 7.03. The minimum atomic E-state index is -0.723. The van der Waals surface area contributed by atoms with Crippen LogP contribution in [0.5, 0.6) is 0 Å². The molecule has 110 valence electrons. The smallest absolute Gasteiger partial charge is 0.334 e. The molecule has 2 fully saturated rings. The van der Waals surface area contributed by atoms with Gasteiger partial charge in [0.2, 0.25) is 0 Å². The Morgan fingerprint density at radius 2 is 2.30 bits per heavy atom. The van der Waals surface area contributed by atoms with Crippen molar-refractivity contribution in [2.75, 3.05) is 0 Å². The standard InChI is InChI=1S/C15H20O5/c1-8-10-4-3-9-7-15(2,6-5-11(9)20-18)13(16)12(10)19-14(8)17/h3,10-13,16,18H,1,4-7H2,2H3/t10-,11-,12+,13-,15-/m1/s1. The Balaban J connectivity index is 1.99. The molecule has 0 aromatic rings. The average Bonchev–Trinajstić information content (AvgIpc) is 2.71. The lowest BCUT2D eigenvalue weighted by molar-refractivity contribution is -0.276. The summed E-state index contributed by atoms with van der Waals surface area (Å²) in [4.78, 5) is 16.3. The number of fused-ring (bicyclic) bond motifs is 3. The van der Waals surface area contributed by atoms with Gasteiger partial charge in [0.25, 0.3) is 0 Å². The molecule has 3 aliphatic rings. The lowest BCUT2D eigenvalue weighted by atomic mass is 9.64. The zero-order valence-corrected chi connectivity index (χ0v) is 11.5. The third-order valence-electron chi connectivity index (χ3n) is 5.14. The fraction of sp³-hybridized carbons (Fsp3) is 0.667. The normalized spacial score (nSPS) is 44.2. The molecule has 0 amide bonds. The number of rotatable bonds is 1. The first-order valence-electron chi connectivity index (χ1n) is 7.03. The summed E-state index contributed by atoms with van der Waals surface area (Å²) in [6.07, 6.45) is 3.06. The first-order chi connectivity index (χ1) is 9.46. The fourth-order valence-electron chi connectivity index (χ4n) is 3.76. The monoisotopic (exact) mass is 280 g/mol. The number of ether oxygens (including phenoxy) is 1. The number of hydrogen-bond acceptors (Lipinski definition) is 5. The van der Waals surface area contributed by atoms with E-state index in [-0.39, 0.29) is 17.4 Å². The van der Waals surface area contributed by atoms with E-state index in [4.69, 9.17) is 9.99 Å². The predicted octanol–water partition coefficient (Wildman–Crippen LogP) is 1.82. The summed E-state index contributed by atoms with van der Waals surface area (Å²) >= 11 is 0. The quantitative estimate of drug-likeness (QED) is 0.252. The molecule has 0 unspecified atom stereocenters. The second kappa shape index (κ2) is 4.69. The van der Waals surface area contributed by atoms with E-state index in [9.17, 15) is 9.90 Å². The Morgan fingerprint density at radius 3 is 3.00 bits per heavy atom. The van der Waals surface area contributed by atoms with Gasteiger partial charge in [0, 0.05) is 16.9 Å². The van der Waals surface area contributed by atoms with Crippen molar-refractivity contribution in [1.29, 1.82) is 0 Å². The molecule has 1 aliphatic heterocycles. The molecule has 0 aromatic carbocycles.